The minimum atomic E-state index is -0.880. The average molecular weight is 370 g/mol. The first-order chi connectivity index (χ1) is 13.0. The minimum Gasteiger partial charge on any atom is -0.508 e. The first-order valence-electron chi connectivity index (χ1n) is 8.88. The number of hydrogen-bond acceptors (Lipinski definition) is 3. The van der Waals surface area contributed by atoms with Crippen LogP contribution >= 0.6 is 0 Å². The second-order valence-corrected chi connectivity index (χ2v) is 6.81. The molecule has 4 nitrogen and oxygen atoms in total. The van der Waals surface area contributed by atoms with E-state index in [1.807, 2.05) is 23.2 Å². The zero-order valence-corrected chi connectivity index (χ0v) is 14.6. The molecule has 0 fully saturated rings. The van der Waals surface area contributed by atoms with Crippen molar-refractivity contribution in [2.75, 3.05) is 6.54 Å². The number of aryl methyl sites for hydroxylation is 1. The van der Waals surface area contributed by atoms with E-state index in [9.17, 15) is 19.0 Å². The molecule has 2 aromatic carbocycles. The van der Waals surface area contributed by atoms with Crippen molar-refractivity contribution in [2.45, 2.75) is 25.6 Å². The van der Waals surface area contributed by atoms with Gasteiger partial charge in [-0.05, 0) is 42.8 Å². The summed E-state index contributed by atoms with van der Waals surface area (Å²) in [5.74, 6) is -1.63. The second-order valence-electron chi connectivity index (χ2n) is 6.81. The summed E-state index contributed by atoms with van der Waals surface area (Å²) < 4.78 is 30.7. The molecule has 140 valence electrons. The smallest absolute Gasteiger partial charge is 0.163 e. The van der Waals surface area contributed by atoms with E-state index in [2.05, 4.69) is 4.57 Å². The summed E-state index contributed by atoms with van der Waals surface area (Å²) in [6, 6.07) is 11.9. The highest BCUT2D eigenvalue weighted by molar-refractivity contribution is 5.39. The predicted octanol–water partition coefficient (Wildman–Crippen LogP) is 4.17. The van der Waals surface area contributed by atoms with Crippen molar-refractivity contribution in [3.05, 3.63) is 83.2 Å². The van der Waals surface area contributed by atoms with Crippen molar-refractivity contribution in [1.29, 1.82) is 0 Å². The third-order valence-corrected chi connectivity index (χ3v) is 5.07. The van der Waals surface area contributed by atoms with Gasteiger partial charge in [0.2, 0.25) is 0 Å². The number of phenols is 2. The molecule has 0 saturated carbocycles. The van der Waals surface area contributed by atoms with Gasteiger partial charge in [0.1, 0.15) is 11.5 Å². The van der Waals surface area contributed by atoms with Gasteiger partial charge < -0.3 is 14.8 Å². The standard InChI is InChI=1S/C21H20F2N2O2/c22-17-5-1-4-16(20(17)23)21-18-6-2-9-24(18)10-3-11-25(21)13-14-12-15(26)7-8-19(14)27/h1-2,4-9,12,21,26-27H,3,10-11,13H2. The SMILES string of the molecule is Oc1ccc(O)c(CN2CCCn3cccc3C2c2cccc(F)c2F)c1. The molecule has 0 spiro atoms. The van der Waals surface area contributed by atoms with Crippen LogP contribution in [0.4, 0.5) is 8.78 Å². The van der Waals surface area contributed by atoms with Crippen molar-refractivity contribution in [3.63, 3.8) is 0 Å². The molecule has 1 aromatic heterocycles. The number of fused-ring (bicyclic) bond motifs is 1. The third-order valence-electron chi connectivity index (χ3n) is 5.07. The largest absolute Gasteiger partial charge is 0.508 e. The summed E-state index contributed by atoms with van der Waals surface area (Å²) >= 11 is 0. The number of nitrogens with zero attached hydrogens (tertiary/aromatic N) is 2. The van der Waals surface area contributed by atoms with Gasteiger partial charge in [-0.25, -0.2) is 8.78 Å². The van der Waals surface area contributed by atoms with E-state index in [4.69, 9.17) is 0 Å². The van der Waals surface area contributed by atoms with E-state index in [1.54, 1.807) is 6.07 Å². The molecule has 2 N–H and O–H groups in total. The summed E-state index contributed by atoms with van der Waals surface area (Å²) in [4.78, 5) is 2.01. The zero-order valence-electron chi connectivity index (χ0n) is 14.6. The van der Waals surface area contributed by atoms with Crippen LogP contribution in [0.2, 0.25) is 0 Å². The monoisotopic (exact) mass is 370 g/mol. The molecule has 4 rings (SSSR count). The zero-order chi connectivity index (χ0) is 19.0. The van der Waals surface area contributed by atoms with Gasteiger partial charge in [0, 0.05) is 42.7 Å². The molecule has 1 unspecified atom stereocenters. The Morgan fingerprint density at radius 1 is 1.00 bits per heavy atom. The van der Waals surface area contributed by atoms with E-state index in [1.165, 1.54) is 24.3 Å². The molecule has 6 heteroatoms. The molecular weight excluding hydrogens is 350 g/mol. The van der Waals surface area contributed by atoms with Crippen LogP contribution in [0.5, 0.6) is 11.5 Å². The second kappa shape index (κ2) is 7.04. The number of aromatic nitrogens is 1. The Morgan fingerprint density at radius 3 is 2.70 bits per heavy atom. The Bertz CT molecular complexity index is 971. The summed E-state index contributed by atoms with van der Waals surface area (Å²) in [6.45, 7) is 1.71. The maximum atomic E-state index is 14.7. The Balaban J connectivity index is 1.81. The first-order valence-corrected chi connectivity index (χ1v) is 8.88. The fourth-order valence-electron chi connectivity index (χ4n) is 3.81. The Hall–Kier alpha value is -2.86. The summed E-state index contributed by atoms with van der Waals surface area (Å²) in [6.07, 6.45) is 2.77. The molecule has 3 aromatic rings. The van der Waals surface area contributed by atoms with Gasteiger partial charge in [0.25, 0.3) is 0 Å². The minimum absolute atomic E-state index is 0.0504. The van der Waals surface area contributed by atoms with Gasteiger partial charge >= 0.3 is 0 Å². The van der Waals surface area contributed by atoms with Crippen molar-refractivity contribution >= 4 is 0 Å². The Morgan fingerprint density at radius 2 is 1.85 bits per heavy atom. The number of phenolic OH excluding ortho intramolecular Hbond substituents is 2. The summed E-state index contributed by atoms with van der Waals surface area (Å²) in [7, 11) is 0. The molecule has 0 radical (unpaired) electrons. The van der Waals surface area contributed by atoms with Gasteiger partial charge in [-0.2, -0.15) is 0 Å². The van der Waals surface area contributed by atoms with Crippen LogP contribution in [0.1, 0.15) is 29.3 Å². The molecule has 1 aliphatic heterocycles. The van der Waals surface area contributed by atoms with Crippen LogP contribution < -0.4 is 0 Å². The lowest BCUT2D eigenvalue weighted by Gasteiger charge is -2.31. The van der Waals surface area contributed by atoms with E-state index in [0.717, 1.165) is 24.7 Å². The van der Waals surface area contributed by atoms with Gasteiger partial charge in [-0.15, -0.1) is 0 Å². The van der Waals surface area contributed by atoms with Crippen LogP contribution in [0.3, 0.4) is 0 Å². The van der Waals surface area contributed by atoms with Crippen LogP contribution in [0.25, 0.3) is 0 Å². The van der Waals surface area contributed by atoms with Gasteiger partial charge in [0.05, 0.1) is 6.04 Å². The number of aromatic hydroxyl groups is 2. The molecule has 0 aliphatic carbocycles. The molecule has 0 amide bonds. The summed E-state index contributed by atoms with van der Waals surface area (Å²) in [5.41, 5.74) is 1.67. The molecule has 0 bridgehead atoms. The van der Waals surface area contributed by atoms with Gasteiger partial charge in [0.15, 0.2) is 11.6 Å². The highest BCUT2D eigenvalue weighted by Gasteiger charge is 2.30. The van der Waals surface area contributed by atoms with Crippen LogP contribution in [-0.4, -0.2) is 26.2 Å². The van der Waals surface area contributed by atoms with Crippen LogP contribution in [0, 0.1) is 11.6 Å². The molecule has 2 heterocycles. The molecular formula is C21H20F2N2O2. The van der Waals surface area contributed by atoms with E-state index >= 15 is 0 Å². The predicted molar refractivity (Wildman–Crippen MR) is 97.4 cm³/mol. The van der Waals surface area contributed by atoms with Crippen molar-refractivity contribution in [3.8, 4) is 11.5 Å². The summed E-state index contributed by atoms with van der Waals surface area (Å²) in [5, 5.41) is 19.9. The lowest BCUT2D eigenvalue weighted by Crippen LogP contribution is -2.30. The quantitative estimate of drug-likeness (QED) is 0.680. The molecule has 1 aliphatic rings. The third kappa shape index (κ3) is 3.28. The average Bonchev–Trinajstić information content (AvgIpc) is 3.03. The Labute approximate surface area is 155 Å². The van der Waals surface area contributed by atoms with Crippen LogP contribution in [0.15, 0.2) is 54.7 Å². The van der Waals surface area contributed by atoms with Crippen molar-refractivity contribution in [2.24, 2.45) is 0 Å². The highest BCUT2D eigenvalue weighted by atomic mass is 19.2. The van der Waals surface area contributed by atoms with E-state index in [-0.39, 0.29) is 17.1 Å². The first kappa shape index (κ1) is 17.5. The molecule has 1 atom stereocenters. The lowest BCUT2D eigenvalue weighted by molar-refractivity contribution is 0.212. The van der Waals surface area contributed by atoms with Gasteiger partial charge in [-0.3, -0.25) is 4.90 Å². The lowest BCUT2D eigenvalue weighted by atomic mass is 10.00. The molecule has 0 saturated heterocycles. The maximum Gasteiger partial charge on any atom is 0.163 e. The van der Waals surface area contributed by atoms with Crippen molar-refractivity contribution in [1.82, 2.24) is 9.47 Å². The normalized spacial score (nSPS) is 17.5. The number of benzene rings is 2. The van der Waals surface area contributed by atoms with E-state index < -0.39 is 17.7 Å². The number of hydrogen-bond donors (Lipinski definition) is 2. The van der Waals surface area contributed by atoms with E-state index in [0.29, 0.717) is 18.7 Å². The fraction of sp³-hybridized carbons (Fsp3) is 0.238. The van der Waals surface area contributed by atoms with Crippen molar-refractivity contribution < 1.29 is 19.0 Å². The highest BCUT2D eigenvalue weighted by Crippen LogP contribution is 2.36. The number of halogens is 2. The Kier molecular flexibility index (Phi) is 4.58. The fourth-order valence-corrected chi connectivity index (χ4v) is 3.81. The van der Waals surface area contributed by atoms with Crippen LogP contribution in [-0.2, 0) is 13.1 Å². The number of rotatable bonds is 3. The maximum absolute atomic E-state index is 14.7. The molecule has 27 heavy (non-hydrogen) atoms. The van der Waals surface area contributed by atoms with Gasteiger partial charge in [-0.1, -0.05) is 12.1 Å². The topological polar surface area (TPSA) is 48.6 Å².